The van der Waals surface area contributed by atoms with Gasteiger partial charge in [0.25, 0.3) is 0 Å². The number of nitrogens with zero attached hydrogens (tertiary/aromatic N) is 2. The average molecular weight is 269 g/mol. The normalized spacial score (nSPS) is 24.2. The van der Waals surface area contributed by atoms with E-state index in [4.69, 9.17) is 10.3 Å². The van der Waals surface area contributed by atoms with Gasteiger partial charge >= 0.3 is 0 Å². The minimum Gasteiger partial charge on any atom is -0.339 e. The lowest BCUT2D eigenvalue weighted by molar-refractivity contribution is 0.298. The van der Waals surface area contributed by atoms with Crippen molar-refractivity contribution in [1.29, 1.82) is 0 Å². The summed E-state index contributed by atoms with van der Waals surface area (Å²) in [4.78, 5) is 4.60. The van der Waals surface area contributed by atoms with Gasteiger partial charge in [0, 0.05) is 6.04 Å². The summed E-state index contributed by atoms with van der Waals surface area (Å²) in [6.07, 6.45) is 3.73. The van der Waals surface area contributed by atoms with Crippen LogP contribution in [0.3, 0.4) is 0 Å². The molecule has 0 spiro atoms. The van der Waals surface area contributed by atoms with Gasteiger partial charge in [-0.15, -0.1) is 0 Å². The van der Waals surface area contributed by atoms with Crippen molar-refractivity contribution in [1.82, 2.24) is 10.1 Å². The lowest BCUT2D eigenvalue weighted by atomic mass is 9.90. The third-order valence-corrected chi connectivity index (χ3v) is 4.87. The molecule has 0 aromatic carbocycles. The van der Waals surface area contributed by atoms with E-state index in [0.717, 1.165) is 12.2 Å². The number of hydrogen-bond donors (Lipinski definition) is 1. The first kappa shape index (κ1) is 13.9. The van der Waals surface area contributed by atoms with Crippen LogP contribution in [0, 0.1) is 5.92 Å². The van der Waals surface area contributed by atoms with E-state index < -0.39 is 0 Å². The SMILES string of the molecule is CC(C)C(c1nc(C2CCCCS2)no1)C(C)N. The van der Waals surface area contributed by atoms with Crippen molar-refractivity contribution < 1.29 is 4.52 Å². The van der Waals surface area contributed by atoms with E-state index in [1.165, 1.54) is 18.6 Å². The van der Waals surface area contributed by atoms with Crippen LogP contribution in [0.25, 0.3) is 0 Å². The number of rotatable bonds is 4. The maximum Gasteiger partial charge on any atom is 0.231 e. The Kier molecular flexibility index (Phi) is 4.67. The van der Waals surface area contributed by atoms with Gasteiger partial charge in [0.1, 0.15) is 0 Å². The Bertz CT molecular complexity index is 364. The molecular weight excluding hydrogens is 246 g/mol. The molecule has 1 saturated heterocycles. The van der Waals surface area contributed by atoms with Crippen molar-refractivity contribution in [2.45, 2.75) is 57.2 Å². The Morgan fingerprint density at radius 1 is 1.33 bits per heavy atom. The van der Waals surface area contributed by atoms with E-state index in [1.807, 2.05) is 18.7 Å². The van der Waals surface area contributed by atoms with Crippen molar-refractivity contribution in [2.24, 2.45) is 11.7 Å². The fourth-order valence-corrected chi connectivity index (χ4v) is 3.81. The lowest BCUT2D eigenvalue weighted by Gasteiger charge is -2.20. The molecule has 1 fully saturated rings. The third-order valence-electron chi connectivity index (χ3n) is 3.49. The van der Waals surface area contributed by atoms with Crippen molar-refractivity contribution in [3.05, 3.63) is 11.7 Å². The van der Waals surface area contributed by atoms with Gasteiger partial charge < -0.3 is 10.3 Å². The fourth-order valence-electron chi connectivity index (χ4n) is 2.57. The second kappa shape index (κ2) is 6.06. The highest BCUT2D eigenvalue weighted by Crippen LogP contribution is 2.37. The summed E-state index contributed by atoms with van der Waals surface area (Å²) in [5.74, 6) is 3.34. The van der Waals surface area contributed by atoms with Crippen molar-refractivity contribution in [3.8, 4) is 0 Å². The van der Waals surface area contributed by atoms with Crippen LogP contribution in [0.15, 0.2) is 4.52 Å². The highest BCUT2D eigenvalue weighted by Gasteiger charge is 2.28. The second-order valence-corrected chi connectivity index (χ2v) is 6.79. The molecule has 102 valence electrons. The van der Waals surface area contributed by atoms with Crippen LogP contribution in [-0.4, -0.2) is 21.9 Å². The summed E-state index contributed by atoms with van der Waals surface area (Å²) in [5.41, 5.74) is 6.02. The fraction of sp³-hybridized carbons (Fsp3) is 0.846. The third kappa shape index (κ3) is 3.06. The monoisotopic (exact) mass is 269 g/mol. The topological polar surface area (TPSA) is 64.9 Å². The van der Waals surface area contributed by atoms with Crippen LogP contribution < -0.4 is 5.73 Å². The molecule has 1 aliphatic heterocycles. The predicted molar refractivity (Wildman–Crippen MR) is 74.6 cm³/mol. The molecule has 1 aromatic heterocycles. The number of thioether (sulfide) groups is 1. The summed E-state index contributed by atoms with van der Waals surface area (Å²) in [7, 11) is 0. The van der Waals surface area contributed by atoms with Crippen LogP contribution >= 0.6 is 11.8 Å². The molecular formula is C13H23N3OS. The molecule has 0 radical (unpaired) electrons. The molecule has 3 unspecified atom stereocenters. The van der Waals surface area contributed by atoms with Crippen molar-refractivity contribution in [3.63, 3.8) is 0 Å². The van der Waals surface area contributed by atoms with Gasteiger partial charge in [-0.05, 0) is 31.4 Å². The van der Waals surface area contributed by atoms with E-state index in [0.29, 0.717) is 17.1 Å². The number of hydrogen-bond acceptors (Lipinski definition) is 5. The summed E-state index contributed by atoms with van der Waals surface area (Å²) >= 11 is 1.94. The molecule has 4 nitrogen and oxygen atoms in total. The van der Waals surface area contributed by atoms with Gasteiger partial charge in [-0.25, -0.2) is 0 Å². The largest absolute Gasteiger partial charge is 0.339 e. The van der Waals surface area contributed by atoms with E-state index in [-0.39, 0.29) is 12.0 Å². The molecule has 18 heavy (non-hydrogen) atoms. The predicted octanol–water partition coefficient (Wildman–Crippen LogP) is 3.11. The summed E-state index contributed by atoms with van der Waals surface area (Å²) in [6.45, 7) is 6.30. The van der Waals surface area contributed by atoms with Gasteiger partial charge in [-0.1, -0.05) is 25.4 Å². The van der Waals surface area contributed by atoms with Crippen LogP contribution in [-0.2, 0) is 0 Å². The minimum atomic E-state index is 0.0392. The van der Waals surface area contributed by atoms with Gasteiger partial charge in [0.05, 0.1) is 11.2 Å². The first-order chi connectivity index (χ1) is 8.59. The summed E-state index contributed by atoms with van der Waals surface area (Å²) in [6, 6.07) is 0.0392. The first-order valence-electron chi connectivity index (χ1n) is 6.80. The number of aromatic nitrogens is 2. The van der Waals surface area contributed by atoms with E-state index in [2.05, 4.69) is 24.0 Å². The molecule has 2 N–H and O–H groups in total. The molecule has 3 atom stereocenters. The zero-order valence-electron chi connectivity index (χ0n) is 11.4. The Morgan fingerprint density at radius 2 is 2.11 bits per heavy atom. The van der Waals surface area contributed by atoms with E-state index >= 15 is 0 Å². The summed E-state index contributed by atoms with van der Waals surface area (Å²) in [5, 5.41) is 4.58. The second-order valence-electron chi connectivity index (χ2n) is 5.47. The highest BCUT2D eigenvalue weighted by atomic mass is 32.2. The van der Waals surface area contributed by atoms with Gasteiger partial charge in [0.15, 0.2) is 5.82 Å². The molecule has 0 aliphatic carbocycles. The van der Waals surface area contributed by atoms with E-state index in [1.54, 1.807) is 0 Å². The highest BCUT2D eigenvalue weighted by molar-refractivity contribution is 7.99. The van der Waals surface area contributed by atoms with Crippen LogP contribution in [0.2, 0.25) is 0 Å². The van der Waals surface area contributed by atoms with E-state index in [9.17, 15) is 0 Å². The molecule has 0 amide bonds. The Balaban J connectivity index is 2.13. The maximum atomic E-state index is 6.02. The van der Waals surface area contributed by atoms with Gasteiger partial charge in [-0.3, -0.25) is 0 Å². The molecule has 1 aliphatic rings. The Hall–Kier alpha value is -0.550. The van der Waals surface area contributed by atoms with Crippen LogP contribution in [0.1, 0.15) is 62.9 Å². The standard InChI is InChI=1S/C13H23N3OS/c1-8(2)11(9(3)14)13-15-12(16-17-13)10-6-4-5-7-18-10/h8-11H,4-7,14H2,1-3H3. The molecule has 1 aromatic rings. The van der Waals surface area contributed by atoms with Crippen LogP contribution in [0.4, 0.5) is 0 Å². The van der Waals surface area contributed by atoms with Gasteiger partial charge in [-0.2, -0.15) is 16.7 Å². The smallest absolute Gasteiger partial charge is 0.231 e. The molecule has 0 bridgehead atoms. The Labute approximate surface area is 113 Å². The summed E-state index contributed by atoms with van der Waals surface area (Å²) < 4.78 is 5.45. The first-order valence-corrected chi connectivity index (χ1v) is 7.85. The number of nitrogens with two attached hydrogens (primary N) is 1. The lowest BCUT2D eigenvalue weighted by Crippen LogP contribution is -2.28. The molecule has 2 rings (SSSR count). The van der Waals surface area contributed by atoms with Gasteiger partial charge in [0.2, 0.25) is 5.89 Å². The maximum absolute atomic E-state index is 6.02. The Morgan fingerprint density at radius 3 is 2.67 bits per heavy atom. The zero-order valence-corrected chi connectivity index (χ0v) is 12.2. The average Bonchev–Trinajstić information content (AvgIpc) is 2.78. The zero-order chi connectivity index (χ0) is 13.1. The molecule has 5 heteroatoms. The van der Waals surface area contributed by atoms with Crippen molar-refractivity contribution >= 4 is 11.8 Å². The minimum absolute atomic E-state index is 0.0392. The molecule has 2 heterocycles. The van der Waals surface area contributed by atoms with Crippen molar-refractivity contribution in [2.75, 3.05) is 5.75 Å². The quantitative estimate of drug-likeness (QED) is 0.909. The molecule has 0 saturated carbocycles. The van der Waals surface area contributed by atoms with Crippen LogP contribution in [0.5, 0.6) is 0 Å².